The summed E-state index contributed by atoms with van der Waals surface area (Å²) < 4.78 is 6.15. The van der Waals surface area contributed by atoms with E-state index in [2.05, 4.69) is 5.10 Å². The quantitative estimate of drug-likeness (QED) is 0.559. The topological polar surface area (TPSA) is 79.2 Å². The second kappa shape index (κ2) is 8.79. The molecule has 156 valence electrons. The molecule has 2 aromatic rings. The van der Waals surface area contributed by atoms with Crippen molar-refractivity contribution in [1.82, 2.24) is 5.01 Å². The molecule has 4 unspecified atom stereocenters. The second-order valence-corrected chi connectivity index (χ2v) is 7.89. The molecule has 0 spiro atoms. The second-order valence-electron chi connectivity index (χ2n) is 7.89. The van der Waals surface area contributed by atoms with E-state index in [1.54, 1.807) is 24.3 Å². The lowest BCUT2D eigenvalue weighted by Crippen LogP contribution is -2.32. The summed E-state index contributed by atoms with van der Waals surface area (Å²) >= 11 is 0. The fraction of sp³-hybridized carbons (Fsp3) is 0.375. The molecule has 1 amide bonds. The number of rotatable bonds is 7. The summed E-state index contributed by atoms with van der Waals surface area (Å²) in [7, 11) is 0. The van der Waals surface area contributed by atoms with Crippen LogP contribution in [0.5, 0.6) is 0 Å². The molecule has 6 heteroatoms. The van der Waals surface area contributed by atoms with E-state index in [0.29, 0.717) is 17.7 Å². The monoisotopic (exact) mass is 406 g/mol. The first-order valence-electron chi connectivity index (χ1n) is 10.5. The number of carbonyl (C=O) groups excluding carboxylic acids is 1. The standard InChI is InChI=1S/C24H26N2O4/c1-2-26(23(27)17-6-4-3-5-7-17)25-15-20-19(21-12-13-22(20)30-21)14-16-8-10-18(11-9-16)24(28)29/h3-11,15,19-22H,2,12-14H2,1H3,(H,28,29). The van der Waals surface area contributed by atoms with E-state index in [9.17, 15) is 9.59 Å². The molecule has 2 aromatic carbocycles. The smallest absolute Gasteiger partial charge is 0.335 e. The number of amides is 1. The maximum Gasteiger partial charge on any atom is 0.335 e. The van der Waals surface area contributed by atoms with E-state index in [-0.39, 0.29) is 30.0 Å². The molecule has 6 nitrogen and oxygen atoms in total. The highest BCUT2D eigenvalue weighted by molar-refractivity contribution is 5.94. The van der Waals surface area contributed by atoms with Crippen molar-refractivity contribution in [2.24, 2.45) is 16.9 Å². The number of ether oxygens (including phenoxy) is 1. The van der Waals surface area contributed by atoms with Gasteiger partial charge in [-0.2, -0.15) is 5.10 Å². The van der Waals surface area contributed by atoms with Crippen LogP contribution in [-0.2, 0) is 11.2 Å². The molecule has 2 fully saturated rings. The summed E-state index contributed by atoms with van der Waals surface area (Å²) in [5.41, 5.74) is 2.00. The normalized spacial score (nSPS) is 25.0. The van der Waals surface area contributed by atoms with Gasteiger partial charge in [0.1, 0.15) is 0 Å². The van der Waals surface area contributed by atoms with Crippen molar-refractivity contribution >= 4 is 18.1 Å². The van der Waals surface area contributed by atoms with E-state index in [4.69, 9.17) is 9.84 Å². The molecule has 4 atom stereocenters. The van der Waals surface area contributed by atoms with Gasteiger partial charge in [0.2, 0.25) is 0 Å². The molecule has 0 aliphatic carbocycles. The minimum absolute atomic E-state index is 0.112. The Morgan fingerprint density at radius 3 is 2.43 bits per heavy atom. The first-order valence-corrected chi connectivity index (χ1v) is 10.5. The number of aromatic carboxylic acids is 1. The highest BCUT2D eigenvalue weighted by atomic mass is 16.5. The molecule has 0 saturated carbocycles. The van der Waals surface area contributed by atoms with Gasteiger partial charge in [0.05, 0.1) is 17.8 Å². The van der Waals surface area contributed by atoms with Gasteiger partial charge in [0, 0.05) is 24.2 Å². The van der Waals surface area contributed by atoms with Gasteiger partial charge >= 0.3 is 5.97 Å². The number of fused-ring (bicyclic) bond motifs is 2. The summed E-state index contributed by atoms with van der Waals surface area (Å²) in [6.45, 7) is 2.41. The zero-order chi connectivity index (χ0) is 21.1. The van der Waals surface area contributed by atoms with Gasteiger partial charge in [0.25, 0.3) is 5.91 Å². The predicted octanol–water partition coefficient (Wildman–Crippen LogP) is 3.87. The van der Waals surface area contributed by atoms with Crippen LogP contribution in [0.4, 0.5) is 0 Å². The Bertz CT molecular complexity index is 926. The first kappa shape index (κ1) is 20.3. The zero-order valence-electron chi connectivity index (χ0n) is 17.0. The Labute approximate surface area is 176 Å². The fourth-order valence-corrected chi connectivity index (χ4v) is 4.51. The first-order chi connectivity index (χ1) is 14.6. The molecule has 2 aliphatic heterocycles. The summed E-state index contributed by atoms with van der Waals surface area (Å²) in [5.74, 6) is -0.619. The fourth-order valence-electron chi connectivity index (χ4n) is 4.51. The van der Waals surface area contributed by atoms with Gasteiger partial charge in [-0.25, -0.2) is 9.80 Å². The summed E-state index contributed by atoms with van der Waals surface area (Å²) in [4.78, 5) is 23.8. The number of hydrazone groups is 1. The van der Waals surface area contributed by atoms with Gasteiger partial charge in [-0.15, -0.1) is 0 Å². The minimum Gasteiger partial charge on any atom is -0.478 e. The lowest BCUT2D eigenvalue weighted by Gasteiger charge is -2.26. The van der Waals surface area contributed by atoms with E-state index < -0.39 is 5.97 Å². The third-order valence-electron chi connectivity index (χ3n) is 6.09. The van der Waals surface area contributed by atoms with Crippen LogP contribution in [0.1, 0.15) is 46.0 Å². The van der Waals surface area contributed by atoms with Crippen LogP contribution in [-0.4, -0.2) is 47.0 Å². The van der Waals surface area contributed by atoms with Crippen molar-refractivity contribution in [3.63, 3.8) is 0 Å². The molecule has 2 heterocycles. The van der Waals surface area contributed by atoms with Crippen LogP contribution >= 0.6 is 0 Å². The SMILES string of the molecule is CCN(N=CC1C2CCC(O2)C1Cc1ccc(C(=O)O)cc1)C(=O)c1ccccc1. The highest BCUT2D eigenvalue weighted by Crippen LogP contribution is 2.44. The summed E-state index contributed by atoms with van der Waals surface area (Å²) in [6.07, 6.45) is 5.06. The van der Waals surface area contributed by atoms with Crippen molar-refractivity contribution in [3.05, 3.63) is 71.3 Å². The van der Waals surface area contributed by atoms with Crippen LogP contribution < -0.4 is 0 Å². The molecule has 2 bridgehead atoms. The molecular weight excluding hydrogens is 380 g/mol. The Kier molecular flexibility index (Phi) is 5.95. The summed E-state index contributed by atoms with van der Waals surface area (Å²) in [6, 6.07) is 16.2. The maximum atomic E-state index is 12.7. The van der Waals surface area contributed by atoms with E-state index in [1.807, 2.05) is 43.5 Å². The van der Waals surface area contributed by atoms with Gasteiger partial charge in [-0.3, -0.25) is 4.79 Å². The maximum absolute atomic E-state index is 12.7. The van der Waals surface area contributed by atoms with E-state index >= 15 is 0 Å². The molecule has 30 heavy (non-hydrogen) atoms. The predicted molar refractivity (Wildman–Crippen MR) is 114 cm³/mol. The number of benzene rings is 2. The molecule has 0 radical (unpaired) electrons. The molecule has 2 saturated heterocycles. The molecule has 4 rings (SSSR count). The van der Waals surface area contributed by atoms with Crippen LogP contribution in [0.3, 0.4) is 0 Å². The lowest BCUT2D eigenvalue weighted by molar-refractivity contribution is 0.0695. The number of hydrogen-bond acceptors (Lipinski definition) is 4. The zero-order valence-corrected chi connectivity index (χ0v) is 17.0. The Hall–Kier alpha value is -2.99. The number of carboxylic acids is 1. The summed E-state index contributed by atoms with van der Waals surface area (Å²) in [5, 5.41) is 15.1. The van der Waals surface area contributed by atoms with Crippen LogP contribution in [0, 0.1) is 11.8 Å². The number of nitrogens with zero attached hydrogens (tertiary/aromatic N) is 2. The highest BCUT2D eigenvalue weighted by Gasteiger charge is 2.48. The average Bonchev–Trinajstić information content (AvgIpc) is 3.37. The van der Waals surface area contributed by atoms with E-state index in [0.717, 1.165) is 24.8 Å². The average molecular weight is 406 g/mol. The lowest BCUT2D eigenvalue weighted by atomic mass is 9.77. The molecular formula is C24H26N2O4. The Morgan fingerprint density at radius 1 is 1.07 bits per heavy atom. The van der Waals surface area contributed by atoms with Crippen molar-refractivity contribution in [2.75, 3.05) is 6.54 Å². The van der Waals surface area contributed by atoms with Gasteiger partial charge in [0.15, 0.2) is 0 Å². The third-order valence-corrected chi connectivity index (χ3v) is 6.09. The number of carboxylic acid groups (broad SMARTS) is 1. The Morgan fingerprint density at radius 2 is 1.77 bits per heavy atom. The number of carbonyl (C=O) groups is 2. The number of hydrogen-bond donors (Lipinski definition) is 1. The van der Waals surface area contributed by atoms with Gasteiger partial charge in [-0.05, 0) is 61.9 Å². The van der Waals surface area contributed by atoms with Gasteiger partial charge < -0.3 is 9.84 Å². The van der Waals surface area contributed by atoms with Crippen LogP contribution in [0.2, 0.25) is 0 Å². The Balaban J connectivity index is 1.48. The van der Waals surface area contributed by atoms with Crippen LogP contribution in [0.25, 0.3) is 0 Å². The largest absolute Gasteiger partial charge is 0.478 e. The molecule has 2 aliphatic rings. The van der Waals surface area contributed by atoms with E-state index in [1.165, 1.54) is 5.01 Å². The van der Waals surface area contributed by atoms with Crippen molar-refractivity contribution < 1.29 is 19.4 Å². The van der Waals surface area contributed by atoms with Crippen molar-refractivity contribution in [3.8, 4) is 0 Å². The van der Waals surface area contributed by atoms with Crippen LogP contribution in [0.15, 0.2) is 59.7 Å². The van der Waals surface area contributed by atoms with Crippen molar-refractivity contribution in [1.29, 1.82) is 0 Å². The molecule has 0 aromatic heterocycles. The van der Waals surface area contributed by atoms with Gasteiger partial charge in [-0.1, -0.05) is 30.3 Å². The van der Waals surface area contributed by atoms with Crippen molar-refractivity contribution in [2.45, 2.75) is 38.4 Å². The molecule has 1 N–H and O–H groups in total. The minimum atomic E-state index is -0.919. The third kappa shape index (κ3) is 4.14.